The van der Waals surface area contributed by atoms with Crippen molar-refractivity contribution >= 4 is 0 Å². The highest BCUT2D eigenvalue weighted by Crippen LogP contribution is 2.29. The van der Waals surface area contributed by atoms with E-state index in [0.29, 0.717) is 5.41 Å². The van der Waals surface area contributed by atoms with E-state index < -0.39 is 0 Å². The molecule has 0 atom stereocenters. The van der Waals surface area contributed by atoms with Gasteiger partial charge in [0, 0.05) is 12.8 Å². The van der Waals surface area contributed by atoms with E-state index in [1.807, 2.05) is 0 Å². The van der Waals surface area contributed by atoms with Gasteiger partial charge in [-0.15, -0.1) is 0 Å². The third-order valence-corrected chi connectivity index (χ3v) is 3.24. The topological polar surface area (TPSA) is 0 Å². The van der Waals surface area contributed by atoms with E-state index in [1.165, 1.54) is 32.1 Å². The minimum Gasteiger partial charge on any atom is -0.0851 e. The number of hydrogen-bond acceptors (Lipinski definition) is 0. The summed E-state index contributed by atoms with van der Waals surface area (Å²) in [5.74, 6) is 0. The summed E-state index contributed by atoms with van der Waals surface area (Å²) in [7, 11) is 0. The van der Waals surface area contributed by atoms with Crippen molar-refractivity contribution in [3.8, 4) is 0 Å². The predicted octanol–water partition coefficient (Wildman–Crippen LogP) is 5.07. The Kier molecular flexibility index (Phi) is 4.50. The summed E-state index contributed by atoms with van der Waals surface area (Å²) in [6.07, 6.45) is 13.4. The largest absolute Gasteiger partial charge is 0.106 e. The smallest absolute Gasteiger partial charge is 0.0851 e. The molecule has 0 amide bonds. The molecular formula is C15H25+. The highest BCUT2D eigenvalue weighted by molar-refractivity contribution is 5.08. The Morgan fingerprint density at radius 3 is 2.47 bits per heavy atom. The Morgan fingerprint density at radius 1 is 1.07 bits per heavy atom. The van der Waals surface area contributed by atoms with E-state index in [2.05, 4.69) is 46.3 Å². The zero-order valence-corrected chi connectivity index (χ0v) is 10.8. The highest BCUT2D eigenvalue weighted by Gasteiger charge is 2.25. The average molecular weight is 205 g/mol. The van der Waals surface area contributed by atoms with Gasteiger partial charge in [0.05, 0.1) is 12.8 Å². The third kappa shape index (κ3) is 5.11. The molecule has 1 rings (SSSR count). The first-order valence-electron chi connectivity index (χ1n) is 6.15. The summed E-state index contributed by atoms with van der Waals surface area (Å²) < 4.78 is 0. The molecule has 0 nitrogen and oxygen atoms in total. The van der Waals surface area contributed by atoms with Gasteiger partial charge in [0.25, 0.3) is 0 Å². The Balaban J connectivity index is 2.66. The summed E-state index contributed by atoms with van der Waals surface area (Å²) in [5, 5.41) is 0. The molecule has 0 N–H and O–H groups in total. The van der Waals surface area contributed by atoms with Crippen LogP contribution in [-0.2, 0) is 0 Å². The Labute approximate surface area is 95.5 Å². The van der Waals surface area contributed by atoms with Gasteiger partial charge >= 0.3 is 0 Å². The number of rotatable bonds is 0. The minimum absolute atomic E-state index is 0.367. The third-order valence-electron chi connectivity index (χ3n) is 3.24. The van der Waals surface area contributed by atoms with Crippen molar-refractivity contribution < 1.29 is 0 Å². The summed E-state index contributed by atoms with van der Waals surface area (Å²) in [6, 6.07) is 0. The lowest BCUT2D eigenvalue weighted by atomic mass is 9.83. The molecule has 0 unspecified atom stereocenters. The molecule has 0 saturated carbocycles. The molecule has 0 spiro atoms. The molecular weight excluding hydrogens is 180 g/mol. The molecule has 0 heterocycles. The maximum absolute atomic E-state index is 2.49. The molecule has 0 aromatic heterocycles. The fourth-order valence-electron chi connectivity index (χ4n) is 1.96. The van der Waals surface area contributed by atoms with Crippen molar-refractivity contribution in [1.29, 1.82) is 0 Å². The molecule has 1 aliphatic carbocycles. The molecule has 0 radical (unpaired) electrons. The van der Waals surface area contributed by atoms with Gasteiger partial charge in [-0.05, 0) is 40.5 Å². The van der Waals surface area contributed by atoms with Crippen molar-refractivity contribution in [1.82, 2.24) is 0 Å². The van der Waals surface area contributed by atoms with Crippen LogP contribution in [0.3, 0.4) is 0 Å². The van der Waals surface area contributed by atoms with Crippen LogP contribution in [0.15, 0.2) is 23.3 Å². The molecule has 0 bridgehead atoms. The Morgan fingerprint density at radius 2 is 1.73 bits per heavy atom. The first-order valence-corrected chi connectivity index (χ1v) is 6.15. The zero-order chi connectivity index (χ0) is 11.3. The number of hydrogen-bond donors (Lipinski definition) is 0. The van der Waals surface area contributed by atoms with Crippen molar-refractivity contribution in [2.75, 3.05) is 0 Å². The van der Waals surface area contributed by atoms with Crippen LogP contribution in [-0.4, -0.2) is 0 Å². The SMILES string of the molecule is C/C1=C\CC(C)(C)[CH+]CC/C(C)=C/CC1. The second-order valence-electron chi connectivity index (χ2n) is 5.58. The van der Waals surface area contributed by atoms with Crippen molar-refractivity contribution in [3.05, 3.63) is 29.7 Å². The number of allylic oxidation sites excluding steroid dienone is 4. The average Bonchev–Trinajstić information content (AvgIpc) is 2.15. The maximum Gasteiger partial charge on any atom is 0.106 e. The summed E-state index contributed by atoms with van der Waals surface area (Å²) in [4.78, 5) is 0. The van der Waals surface area contributed by atoms with E-state index in [1.54, 1.807) is 11.1 Å². The maximum atomic E-state index is 2.49. The van der Waals surface area contributed by atoms with Gasteiger partial charge in [-0.1, -0.05) is 23.3 Å². The van der Waals surface area contributed by atoms with Crippen LogP contribution in [0.4, 0.5) is 0 Å². The molecule has 0 heteroatoms. The molecule has 0 aromatic rings. The lowest BCUT2D eigenvalue weighted by Gasteiger charge is -2.14. The molecule has 0 fully saturated rings. The van der Waals surface area contributed by atoms with E-state index in [9.17, 15) is 0 Å². The fourth-order valence-corrected chi connectivity index (χ4v) is 1.96. The first-order chi connectivity index (χ1) is 6.99. The normalized spacial score (nSPS) is 30.1. The summed E-state index contributed by atoms with van der Waals surface area (Å²) >= 11 is 0. The second kappa shape index (κ2) is 5.44. The molecule has 15 heavy (non-hydrogen) atoms. The predicted molar refractivity (Wildman–Crippen MR) is 68.7 cm³/mol. The Bertz CT molecular complexity index is 253. The van der Waals surface area contributed by atoms with Crippen LogP contribution in [0.5, 0.6) is 0 Å². The molecule has 0 aliphatic heterocycles. The molecule has 84 valence electrons. The van der Waals surface area contributed by atoms with Gasteiger partial charge in [-0.2, -0.15) is 0 Å². The van der Waals surface area contributed by atoms with Gasteiger partial charge in [0.2, 0.25) is 0 Å². The van der Waals surface area contributed by atoms with E-state index >= 15 is 0 Å². The lowest BCUT2D eigenvalue weighted by Crippen LogP contribution is -2.10. The Hall–Kier alpha value is -0.650. The van der Waals surface area contributed by atoms with Gasteiger partial charge in [-0.3, -0.25) is 0 Å². The quantitative estimate of drug-likeness (QED) is 0.382. The van der Waals surface area contributed by atoms with Gasteiger partial charge in [-0.25, -0.2) is 0 Å². The van der Waals surface area contributed by atoms with Crippen molar-refractivity contribution in [3.63, 3.8) is 0 Å². The fraction of sp³-hybridized carbons (Fsp3) is 0.667. The van der Waals surface area contributed by atoms with Crippen LogP contribution in [0.2, 0.25) is 0 Å². The molecule has 0 aromatic carbocycles. The van der Waals surface area contributed by atoms with E-state index in [-0.39, 0.29) is 0 Å². The first kappa shape index (κ1) is 12.4. The summed E-state index contributed by atoms with van der Waals surface area (Å²) in [5.41, 5.74) is 3.46. The van der Waals surface area contributed by atoms with Crippen LogP contribution in [0.1, 0.15) is 59.8 Å². The second-order valence-corrected chi connectivity index (χ2v) is 5.58. The molecule has 0 saturated heterocycles. The standard InChI is InChI=1S/C15H25/c1-13-7-5-8-14(2)10-12-15(3,4)11-6-9-13/h7,10-11H,5-6,8-9,12H2,1-4H3/q+1/b13-7+,14-10+. The van der Waals surface area contributed by atoms with Crippen molar-refractivity contribution in [2.24, 2.45) is 5.41 Å². The zero-order valence-electron chi connectivity index (χ0n) is 10.8. The summed E-state index contributed by atoms with van der Waals surface area (Å²) in [6.45, 7) is 9.20. The highest BCUT2D eigenvalue weighted by atomic mass is 14.2. The van der Waals surface area contributed by atoms with Crippen LogP contribution < -0.4 is 0 Å². The van der Waals surface area contributed by atoms with Crippen LogP contribution in [0.25, 0.3) is 0 Å². The molecule has 1 aliphatic rings. The lowest BCUT2D eigenvalue weighted by molar-refractivity contribution is 0.426. The van der Waals surface area contributed by atoms with Crippen LogP contribution >= 0.6 is 0 Å². The minimum atomic E-state index is 0.367. The van der Waals surface area contributed by atoms with Gasteiger partial charge < -0.3 is 0 Å². The monoisotopic (exact) mass is 205 g/mol. The van der Waals surface area contributed by atoms with Crippen LogP contribution in [0, 0.1) is 11.8 Å². The van der Waals surface area contributed by atoms with E-state index in [4.69, 9.17) is 0 Å². The van der Waals surface area contributed by atoms with Crippen molar-refractivity contribution in [2.45, 2.75) is 59.8 Å². The van der Waals surface area contributed by atoms with Gasteiger partial charge in [0.15, 0.2) is 0 Å². The van der Waals surface area contributed by atoms with E-state index in [0.717, 1.165) is 0 Å². The van der Waals surface area contributed by atoms with Gasteiger partial charge in [0.1, 0.15) is 5.41 Å².